The van der Waals surface area contributed by atoms with Crippen molar-refractivity contribution >= 4 is 38.9 Å². The fourth-order valence-corrected chi connectivity index (χ4v) is 3.49. The van der Waals surface area contributed by atoms with E-state index in [0.29, 0.717) is 6.42 Å². The van der Waals surface area contributed by atoms with Crippen LogP contribution in [0, 0.1) is 0 Å². The third-order valence-electron chi connectivity index (χ3n) is 3.33. The zero-order valence-electron chi connectivity index (χ0n) is 10.2. The van der Waals surface area contributed by atoms with Crippen molar-refractivity contribution in [3.8, 4) is 0 Å². The first-order chi connectivity index (χ1) is 9.13. The van der Waals surface area contributed by atoms with Gasteiger partial charge in [-0.1, -0.05) is 12.1 Å². The van der Waals surface area contributed by atoms with Gasteiger partial charge in [0.15, 0.2) is 0 Å². The molecule has 0 spiro atoms. The summed E-state index contributed by atoms with van der Waals surface area (Å²) in [4.78, 5) is 11.3. The van der Waals surface area contributed by atoms with Crippen molar-refractivity contribution in [1.82, 2.24) is 0 Å². The monoisotopic (exact) mass is 336 g/mol. The van der Waals surface area contributed by atoms with Crippen LogP contribution in [0.25, 0.3) is 0 Å². The number of rotatable bonds is 2. The van der Waals surface area contributed by atoms with E-state index in [2.05, 4.69) is 38.8 Å². The predicted octanol–water partition coefficient (Wildman–Crippen LogP) is 3.44. The van der Waals surface area contributed by atoms with Gasteiger partial charge in [-0.3, -0.25) is 4.79 Å². The number of nitrogens with one attached hydrogen (secondary N) is 1. The molecule has 1 aromatic heterocycles. The molecule has 1 unspecified atom stereocenters. The lowest BCUT2D eigenvalue weighted by molar-refractivity contribution is -0.116. The minimum Gasteiger partial charge on any atom is -0.326 e. The molecule has 1 amide bonds. The average molecular weight is 337 g/mol. The number of carbonyl (C=O) groups is 1. The fourth-order valence-electron chi connectivity index (χ4n) is 2.28. The van der Waals surface area contributed by atoms with E-state index in [1.54, 1.807) is 11.3 Å². The predicted molar refractivity (Wildman–Crippen MR) is 81.4 cm³/mol. The number of hydrogen-bond donors (Lipinski definition) is 2. The molecule has 19 heavy (non-hydrogen) atoms. The van der Waals surface area contributed by atoms with Crippen molar-refractivity contribution < 1.29 is 4.79 Å². The van der Waals surface area contributed by atoms with E-state index in [9.17, 15) is 4.79 Å². The first kappa shape index (κ1) is 12.8. The van der Waals surface area contributed by atoms with Gasteiger partial charge in [0, 0.05) is 12.1 Å². The number of thiophene rings is 1. The number of aryl methyl sites for hydroxylation is 1. The van der Waals surface area contributed by atoms with Crippen molar-refractivity contribution in [3.63, 3.8) is 0 Å². The first-order valence-electron chi connectivity index (χ1n) is 6.05. The molecule has 0 saturated heterocycles. The molecule has 0 saturated carbocycles. The summed E-state index contributed by atoms with van der Waals surface area (Å²) in [5.74, 6) is 0.0892. The summed E-state index contributed by atoms with van der Waals surface area (Å²) >= 11 is 5.09. The summed E-state index contributed by atoms with van der Waals surface area (Å²) in [5.41, 5.74) is 10.6. The van der Waals surface area contributed by atoms with Crippen molar-refractivity contribution in [2.24, 2.45) is 5.73 Å². The van der Waals surface area contributed by atoms with Crippen LogP contribution >= 0.6 is 27.3 Å². The highest BCUT2D eigenvalue weighted by Crippen LogP contribution is 2.31. The number of fused-ring (bicyclic) bond motifs is 1. The van der Waals surface area contributed by atoms with Crippen LogP contribution in [0.3, 0.4) is 0 Å². The molecule has 1 atom stereocenters. The Hall–Kier alpha value is -1.17. The summed E-state index contributed by atoms with van der Waals surface area (Å²) in [6.07, 6.45) is 1.34. The summed E-state index contributed by atoms with van der Waals surface area (Å²) < 4.78 is 1.09. The number of halogens is 1. The molecule has 3 rings (SSSR count). The van der Waals surface area contributed by atoms with Gasteiger partial charge in [0.05, 0.1) is 9.83 Å². The van der Waals surface area contributed by atoms with Gasteiger partial charge in [-0.2, -0.15) is 0 Å². The Balaban J connectivity index is 1.92. The number of benzene rings is 1. The lowest BCUT2D eigenvalue weighted by atomic mass is 9.95. The summed E-state index contributed by atoms with van der Waals surface area (Å²) in [7, 11) is 0. The molecule has 3 N–H and O–H groups in total. The Morgan fingerprint density at radius 2 is 2.11 bits per heavy atom. The Morgan fingerprint density at radius 1 is 1.26 bits per heavy atom. The second kappa shape index (κ2) is 5.07. The molecule has 0 bridgehead atoms. The SMILES string of the molecule is NC(c1csc(Br)c1)c1ccc2c(c1)CCC(=O)N2. The van der Waals surface area contributed by atoms with E-state index in [-0.39, 0.29) is 11.9 Å². The van der Waals surface area contributed by atoms with Gasteiger partial charge in [-0.25, -0.2) is 0 Å². The molecular formula is C14H13BrN2OS. The van der Waals surface area contributed by atoms with Gasteiger partial charge >= 0.3 is 0 Å². The second-order valence-electron chi connectivity index (χ2n) is 4.63. The third kappa shape index (κ3) is 2.59. The lowest BCUT2D eigenvalue weighted by Crippen LogP contribution is -2.20. The molecule has 2 heterocycles. The van der Waals surface area contributed by atoms with Crippen molar-refractivity contribution in [3.05, 3.63) is 50.1 Å². The van der Waals surface area contributed by atoms with Gasteiger partial charge in [0.2, 0.25) is 5.91 Å². The van der Waals surface area contributed by atoms with E-state index < -0.39 is 0 Å². The summed E-state index contributed by atoms with van der Waals surface area (Å²) in [6.45, 7) is 0. The van der Waals surface area contributed by atoms with Crippen LogP contribution in [0.15, 0.2) is 33.4 Å². The zero-order chi connectivity index (χ0) is 13.4. The van der Waals surface area contributed by atoms with Crippen LogP contribution in [0.4, 0.5) is 5.69 Å². The number of anilines is 1. The number of nitrogens with two attached hydrogens (primary N) is 1. The topological polar surface area (TPSA) is 55.1 Å². The minimum atomic E-state index is -0.120. The van der Waals surface area contributed by atoms with E-state index in [1.807, 2.05) is 12.1 Å². The Kier molecular flexibility index (Phi) is 3.43. The van der Waals surface area contributed by atoms with Crippen LogP contribution in [0.1, 0.15) is 29.2 Å². The van der Waals surface area contributed by atoms with Crippen LogP contribution in [0.2, 0.25) is 0 Å². The average Bonchev–Trinajstić information content (AvgIpc) is 2.84. The van der Waals surface area contributed by atoms with Crippen LogP contribution in [-0.2, 0) is 11.2 Å². The first-order valence-corrected chi connectivity index (χ1v) is 7.73. The molecular weight excluding hydrogens is 324 g/mol. The third-order valence-corrected chi connectivity index (χ3v) is 4.85. The Morgan fingerprint density at radius 3 is 2.84 bits per heavy atom. The zero-order valence-corrected chi connectivity index (χ0v) is 12.6. The Labute approximate surface area is 124 Å². The molecule has 98 valence electrons. The molecule has 1 aromatic carbocycles. The normalized spacial score (nSPS) is 15.8. The molecule has 0 radical (unpaired) electrons. The molecule has 0 fully saturated rings. The highest BCUT2D eigenvalue weighted by molar-refractivity contribution is 9.11. The van der Waals surface area contributed by atoms with E-state index in [0.717, 1.165) is 27.0 Å². The van der Waals surface area contributed by atoms with Gasteiger partial charge in [-0.05, 0) is 56.6 Å². The summed E-state index contributed by atoms with van der Waals surface area (Å²) in [6, 6.07) is 7.97. The van der Waals surface area contributed by atoms with Gasteiger partial charge in [0.25, 0.3) is 0 Å². The maximum atomic E-state index is 11.3. The molecule has 5 heteroatoms. The van der Waals surface area contributed by atoms with Crippen molar-refractivity contribution in [2.45, 2.75) is 18.9 Å². The highest BCUT2D eigenvalue weighted by Gasteiger charge is 2.17. The number of hydrogen-bond acceptors (Lipinski definition) is 3. The quantitative estimate of drug-likeness (QED) is 0.882. The van der Waals surface area contributed by atoms with E-state index in [4.69, 9.17) is 5.73 Å². The van der Waals surface area contributed by atoms with Crippen molar-refractivity contribution in [1.29, 1.82) is 0 Å². The van der Waals surface area contributed by atoms with Crippen LogP contribution < -0.4 is 11.1 Å². The number of carbonyl (C=O) groups excluding carboxylic acids is 1. The fraction of sp³-hybridized carbons (Fsp3) is 0.214. The van der Waals surface area contributed by atoms with Gasteiger partial charge < -0.3 is 11.1 Å². The van der Waals surface area contributed by atoms with Gasteiger partial charge in [-0.15, -0.1) is 11.3 Å². The molecule has 3 nitrogen and oxygen atoms in total. The largest absolute Gasteiger partial charge is 0.326 e. The van der Waals surface area contributed by atoms with Gasteiger partial charge in [0.1, 0.15) is 0 Å². The second-order valence-corrected chi connectivity index (χ2v) is 6.92. The summed E-state index contributed by atoms with van der Waals surface area (Å²) in [5, 5.41) is 4.95. The lowest BCUT2D eigenvalue weighted by Gasteiger charge is -2.19. The number of amides is 1. The van der Waals surface area contributed by atoms with E-state index in [1.165, 1.54) is 5.56 Å². The van der Waals surface area contributed by atoms with E-state index >= 15 is 0 Å². The maximum absolute atomic E-state index is 11.3. The molecule has 0 aliphatic carbocycles. The standard InChI is InChI=1S/C14H13BrN2OS/c15-12-6-10(7-19-12)14(16)9-1-3-11-8(5-9)2-4-13(18)17-11/h1,3,5-7,14H,2,4,16H2,(H,17,18). The Bertz CT molecular complexity index is 638. The van der Waals surface area contributed by atoms with Crippen LogP contribution in [-0.4, -0.2) is 5.91 Å². The molecule has 1 aliphatic rings. The smallest absolute Gasteiger partial charge is 0.224 e. The minimum absolute atomic E-state index is 0.0892. The highest BCUT2D eigenvalue weighted by atomic mass is 79.9. The molecule has 1 aliphatic heterocycles. The molecule has 2 aromatic rings. The maximum Gasteiger partial charge on any atom is 0.224 e. The van der Waals surface area contributed by atoms with Crippen LogP contribution in [0.5, 0.6) is 0 Å². The van der Waals surface area contributed by atoms with Crippen molar-refractivity contribution in [2.75, 3.05) is 5.32 Å².